The molecule has 0 heterocycles. The summed E-state index contributed by atoms with van der Waals surface area (Å²) in [6.45, 7) is 2.55. The van der Waals surface area contributed by atoms with Gasteiger partial charge in [-0.15, -0.1) is 0 Å². The first-order valence-electron chi connectivity index (χ1n) is 4.40. The number of carboxylic acids is 1. The van der Waals surface area contributed by atoms with Crippen molar-refractivity contribution in [3.8, 4) is 0 Å². The van der Waals surface area contributed by atoms with Gasteiger partial charge in [-0.05, 0) is 25.5 Å². The molecule has 0 radical (unpaired) electrons. The Morgan fingerprint density at radius 3 is 1.94 bits per heavy atom. The third kappa shape index (κ3) is 26.3. The van der Waals surface area contributed by atoms with Gasteiger partial charge in [0.2, 0.25) is 0 Å². The van der Waals surface area contributed by atoms with Crippen LogP contribution in [0.4, 0.5) is 4.79 Å². The van der Waals surface area contributed by atoms with Crippen molar-refractivity contribution in [2.75, 3.05) is 13.2 Å². The number of aliphatic hydroxyl groups is 1. The summed E-state index contributed by atoms with van der Waals surface area (Å²) >= 11 is 0. The number of hydrogen-bond acceptors (Lipinski definition) is 6. The van der Waals surface area contributed by atoms with Crippen LogP contribution in [0.3, 0.4) is 0 Å². The zero-order valence-corrected chi connectivity index (χ0v) is 14.4. The molecular formula is C8H15NNa2O6. The van der Waals surface area contributed by atoms with Crippen LogP contribution in [0.1, 0.15) is 19.8 Å². The molecule has 0 saturated carbocycles. The van der Waals surface area contributed by atoms with Crippen LogP contribution in [-0.2, 0) is 4.79 Å². The van der Waals surface area contributed by atoms with E-state index >= 15 is 0 Å². The van der Waals surface area contributed by atoms with Crippen LogP contribution in [0.15, 0.2) is 0 Å². The van der Waals surface area contributed by atoms with E-state index in [-0.39, 0.29) is 72.1 Å². The van der Waals surface area contributed by atoms with E-state index in [1.165, 1.54) is 0 Å². The van der Waals surface area contributed by atoms with Crippen molar-refractivity contribution in [3.05, 3.63) is 0 Å². The Balaban J connectivity index is -0.000000123. The standard InChI is InChI=1S/C7H15NO3.CH2O3.2Na/c1-2-4-8-6(3-5-9)7(10)11;2-1(3)4;;/h6,8-9H,2-5H2,1H3,(H,10,11);(H2,2,3,4);;/q;;2*+1/p-2/t6-;;;/m0.../s1. The molecule has 0 saturated heterocycles. The second-order valence-electron chi connectivity index (χ2n) is 2.61. The van der Waals surface area contributed by atoms with Gasteiger partial charge in [-0.1, -0.05) is 6.92 Å². The molecule has 0 aliphatic rings. The molecule has 17 heavy (non-hydrogen) atoms. The fourth-order valence-corrected chi connectivity index (χ4v) is 0.761. The SMILES string of the molecule is CCCN[C@@H](CCO)C(=O)O.O=C([O-])[O-].[Na+].[Na+]. The number of rotatable bonds is 6. The molecule has 0 aromatic heterocycles. The smallest absolute Gasteiger partial charge is 0.652 e. The van der Waals surface area contributed by atoms with Crippen molar-refractivity contribution in [1.29, 1.82) is 0 Å². The number of carbonyl (C=O) groups excluding carboxylic acids is 1. The minimum atomic E-state index is -2.33. The molecular weight excluding hydrogens is 252 g/mol. The second kappa shape index (κ2) is 19.0. The first kappa shape index (κ1) is 26.3. The van der Waals surface area contributed by atoms with Gasteiger partial charge in [0, 0.05) is 6.61 Å². The molecule has 0 bridgehead atoms. The predicted molar refractivity (Wildman–Crippen MR) is 46.8 cm³/mol. The zero-order valence-electron chi connectivity index (χ0n) is 10.4. The third-order valence-electron chi connectivity index (χ3n) is 1.36. The van der Waals surface area contributed by atoms with E-state index in [1.54, 1.807) is 0 Å². The summed E-state index contributed by atoms with van der Waals surface area (Å²) in [6.07, 6.45) is -1.16. The molecule has 0 rings (SSSR count). The maximum Gasteiger partial charge on any atom is 1.00 e. The Hall–Kier alpha value is 0.660. The molecule has 9 heteroatoms. The van der Waals surface area contributed by atoms with Gasteiger partial charge in [0.05, 0.1) is 0 Å². The minimum Gasteiger partial charge on any atom is -0.652 e. The molecule has 0 aliphatic heterocycles. The normalized spacial score (nSPS) is 9.76. The van der Waals surface area contributed by atoms with Gasteiger partial charge in [0.15, 0.2) is 0 Å². The summed E-state index contributed by atoms with van der Waals surface area (Å²) in [7, 11) is 0. The van der Waals surface area contributed by atoms with Crippen LogP contribution in [0, 0.1) is 0 Å². The maximum atomic E-state index is 10.4. The van der Waals surface area contributed by atoms with Crippen LogP contribution < -0.4 is 74.6 Å². The first-order valence-corrected chi connectivity index (χ1v) is 4.40. The van der Waals surface area contributed by atoms with Crippen molar-refractivity contribution >= 4 is 12.1 Å². The Kier molecular flexibility index (Phi) is 29.4. The Labute approximate surface area is 144 Å². The Bertz CT molecular complexity index is 189. The van der Waals surface area contributed by atoms with Crippen molar-refractivity contribution in [3.63, 3.8) is 0 Å². The number of nitrogens with one attached hydrogen (secondary N) is 1. The molecule has 0 amide bonds. The van der Waals surface area contributed by atoms with Crippen LogP contribution in [0.25, 0.3) is 0 Å². The topological polar surface area (TPSA) is 133 Å². The average Bonchev–Trinajstić information content (AvgIpc) is 2.10. The van der Waals surface area contributed by atoms with Crippen LogP contribution in [0.5, 0.6) is 0 Å². The van der Waals surface area contributed by atoms with Crippen LogP contribution >= 0.6 is 0 Å². The quantitative estimate of drug-likeness (QED) is 0.407. The average molecular weight is 267 g/mol. The van der Waals surface area contributed by atoms with E-state index in [4.69, 9.17) is 25.2 Å². The van der Waals surface area contributed by atoms with Gasteiger partial charge in [-0.25, -0.2) is 0 Å². The van der Waals surface area contributed by atoms with E-state index in [0.29, 0.717) is 6.54 Å². The maximum absolute atomic E-state index is 10.4. The van der Waals surface area contributed by atoms with Crippen molar-refractivity contribution in [2.24, 2.45) is 0 Å². The zero-order chi connectivity index (χ0) is 12.3. The summed E-state index contributed by atoms with van der Waals surface area (Å²) in [4.78, 5) is 18.8. The molecule has 1 atom stereocenters. The van der Waals surface area contributed by atoms with Gasteiger partial charge >= 0.3 is 65.1 Å². The van der Waals surface area contributed by atoms with Gasteiger partial charge in [-0.2, -0.15) is 0 Å². The molecule has 0 aromatic carbocycles. The second-order valence-corrected chi connectivity index (χ2v) is 2.61. The van der Waals surface area contributed by atoms with E-state index in [2.05, 4.69) is 5.32 Å². The number of aliphatic hydroxyl groups excluding tert-OH is 1. The summed E-state index contributed by atoms with van der Waals surface area (Å²) in [5.74, 6) is -0.896. The summed E-state index contributed by atoms with van der Waals surface area (Å²) in [5.41, 5.74) is 0. The fraction of sp³-hybridized carbons (Fsp3) is 0.750. The van der Waals surface area contributed by atoms with E-state index in [9.17, 15) is 4.79 Å². The van der Waals surface area contributed by atoms with Gasteiger partial charge in [0.1, 0.15) is 6.04 Å². The molecule has 3 N–H and O–H groups in total. The van der Waals surface area contributed by atoms with Crippen molar-refractivity contribution in [2.45, 2.75) is 25.8 Å². The third-order valence-corrected chi connectivity index (χ3v) is 1.36. The number of aliphatic carboxylic acids is 1. The van der Waals surface area contributed by atoms with E-state index < -0.39 is 18.2 Å². The Morgan fingerprint density at radius 2 is 1.71 bits per heavy atom. The molecule has 0 fully saturated rings. The summed E-state index contributed by atoms with van der Waals surface area (Å²) in [6, 6.07) is -0.597. The summed E-state index contributed by atoms with van der Waals surface area (Å²) in [5, 5.41) is 36.5. The fourth-order valence-electron chi connectivity index (χ4n) is 0.761. The van der Waals surface area contributed by atoms with E-state index in [1.807, 2.05) is 6.92 Å². The molecule has 90 valence electrons. The first-order chi connectivity index (χ1) is 6.95. The van der Waals surface area contributed by atoms with Crippen molar-refractivity contribution < 1.29 is 89.1 Å². The van der Waals surface area contributed by atoms with Crippen molar-refractivity contribution in [1.82, 2.24) is 5.32 Å². The molecule has 0 spiro atoms. The number of hydrogen-bond donors (Lipinski definition) is 3. The Morgan fingerprint density at radius 1 is 1.29 bits per heavy atom. The largest absolute Gasteiger partial charge is 1.00 e. The predicted octanol–water partition coefficient (Wildman–Crippen LogP) is -8.62. The minimum absolute atomic E-state index is 0. The molecule has 7 nitrogen and oxygen atoms in total. The monoisotopic (exact) mass is 267 g/mol. The van der Waals surface area contributed by atoms with Crippen LogP contribution in [-0.4, -0.2) is 41.5 Å². The van der Waals surface area contributed by atoms with Gasteiger partial charge in [-0.3, -0.25) is 4.79 Å². The van der Waals surface area contributed by atoms with Gasteiger partial charge < -0.3 is 30.5 Å². The number of carbonyl (C=O) groups is 2. The summed E-state index contributed by atoms with van der Waals surface area (Å²) < 4.78 is 0. The number of carboxylic acid groups (broad SMARTS) is 3. The molecule has 0 aliphatic carbocycles. The van der Waals surface area contributed by atoms with Gasteiger partial charge in [0.25, 0.3) is 0 Å². The molecule has 0 unspecified atom stereocenters. The molecule has 0 aromatic rings. The van der Waals surface area contributed by atoms with E-state index in [0.717, 1.165) is 6.42 Å². The van der Waals surface area contributed by atoms with Crippen LogP contribution in [0.2, 0.25) is 0 Å².